The molecule has 0 heterocycles. The Morgan fingerprint density at radius 3 is 2.36 bits per heavy atom. The molecule has 180 valence electrons. The highest BCUT2D eigenvalue weighted by Gasteiger charge is 2.36. The zero-order valence-electron chi connectivity index (χ0n) is 32.5. The van der Waals surface area contributed by atoms with Gasteiger partial charge in [-0.3, -0.25) is 0 Å². The van der Waals surface area contributed by atoms with Gasteiger partial charge in [-0.1, -0.05) is 25.8 Å². The monoisotopic (exact) mass is 467 g/mol. The van der Waals surface area contributed by atoms with Crippen molar-refractivity contribution in [3.05, 3.63) is 47.5 Å². The standard InChI is InChI=1S/C27H38N2O4/c1-20(2)27(19-28,22-10-12-24(31-5)26(18-22)33-7)14-8-15-29(3)16-13-21-9-11-23(30-4)25(17-21)32-6/h9-12,17-18,20H,8,13-16H2,1-7H3/i1D3,2D3,9D,11D,13D2,16D2,17D. The first-order valence-electron chi connectivity index (χ1n) is 16.6. The fourth-order valence-electron chi connectivity index (χ4n) is 3.28. The number of nitrogens with zero attached hydrogens (tertiary/aromatic N) is 2. The van der Waals surface area contributed by atoms with E-state index in [0.717, 1.165) is 12.0 Å². The van der Waals surface area contributed by atoms with Gasteiger partial charge in [-0.25, -0.2) is 0 Å². The lowest BCUT2D eigenvalue weighted by Gasteiger charge is -2.32. The van der Waals surface area contributed by atoms with Crippen molar-refractivity contribution in [2.75, 3.05) is 48.5 Å². The summed E-state index contributed by atoms with van der Waals surface area (Å²) in [7, 11) is 6.24. The van der Waals surface area contributed by atoms with Crippen LogP contribution in [0, 0.1) is 17.2 Å². The Balaban J connectivity index is 2.62. The van der Waals surface area contributed by atoms with Crippen LogP contribution >= 0.6 is 0 Å². The Morgan fingerprint density at radius 2 is 1.76 bits per heavy atom. The van der Waals surface area contributed by atoms with E-state index >= 15 is 0 Å². The number of nitriles is 1. The maximum absolute atomic E-state index is 10.5. The average Bonchev–Trinajstić information content (AvgIpc) is 2.95. The van der Waals surface area contributed by atoms with Gasteiger partial charge in [-0.15, -0.1) is 0 Å². The first-order valence-corrected chi connectivity index (χ1v) is 10.1. The summed E-state index contributed by atoms with van der Waals surface area (Å²) in [5, 5.41) is 10.5. The van der Waals surface area contributed by atoms with Crippen LogP contribution in [0.1, 0.15) is 55.5 Å². The number of hydrogen-bond acceptors (Lipinski definition) is 6. The summed E-state index contributed by atoms with van der Waals surface area (Å²) in [6.45, 7) is -9.54. The van der Waals surface area contributed by atoms with E-state index in [-0.39, 0.29) is 41.5 Å². The summed E-state index contributed by atoms with van der Waals surface area (Å²) in [5.74, 6) is -2.44. The van der Waals surface area contributed by atoms with Gasteiger partial charge in [0.05, 0.1) is 44.0 Å². The summed E-state index contributed by atoms with van der Waals surface area (Å²) < 4.78 is 129. The summed E-state index contributed by atoms with van der Waals surface area (Å²) in [6.07, 6.45) is -3.67. The molecule has 0 aliphatic carbocycles. The molecule has 0 aliphatic rings. The molecule has 6 heteroatoms. The largest absolute Gasteiger partial charge is 0.493 e. The Labute approximate surface area is 217 Å². The quantitative estimate of drug-likeness (QED) is 0.409. The number of hydrogen-bond donors (Lipinski definition) is 0. The maximum atomic E-state index is 10.5. The van der Waals surface area contributed by atoms with E-state index in [4.69, 9.17) is 36.8 Å². The van der Waals surface area contributed by atoms with Crippen molar-refractivity contribution in [2.45, 2.75) is 38.3 Å². The zero-order chi connectivity index (χ0) is 35.6. The van der Waals surface area contributed by atoms with Crippen LogP contribution in [0.25, 0.3) is 0 Å². The lowest BCUT2D eigenvalue weighted by atomic mass is 9.69. The second-order valence-electron chi connectivity index (χ2n) is 7.16. The first-order chi connectivity index (χ1) is 21.0. The SMILES string of the molecule is [2H]c1c([2H])c(C([2H])([2H])C([2H])([2H])N(C)CCCC(C#N)(c2ccc(OC)c(OC)c2)C(C([2H])([2H])[2H])C([2H])([2H])[2H])c([2H])c(OC)c1OC. The van der Waals surface area contributed by atoms with Crippen LogP contribution in [0.5, 0.6) is 23.0 Å². The molecule has 0 saturated heterocycles. The van der Waals surface area contributed by atoms with Crippen molar-refractivity contribution >= 4 is 0 Å². The number of benzene rings is 2. The summed E-state index contributed by atoms with van der Waals surface area (Å²) in [4.78, 5) is 0.919. The van der Waals surface area contributed by atoms with Gasteiger partial charge in [0.25, 0.3) is 0 Å². The van der Waals surface area contributed by atoms with E-state index < -0.39 is 68.0 Å². The Morgan fingerprint density at radius 1 is 1.06 bits per heavy atom. The Hall–Kier alpha value is -2.91. The molecule has 0 aliphatic heterocycles. The molecular weight excluding hydrogens is 416 g/mol. The van der Waals surface area contributed by atoms with Gasteiger partial charge in [0.2, 0.25) is 0 Å². The van der Waals surface area contributed by atoms with Crippen LogP contribution < -0.4 is 18.9 Å². The third-order valence-corrected chi connectivity index (χ3v) is 5.18. The van der Waals surface area contributed by atoms with Gasteiger partial charge >= 0.3 is 0 Å². The fraction of sp³-hybridized carbons (Fsp3) is 0.519. The van der Waals surface area contributed by atoms with Crippen molar-refractivity contribution in [1.82, 2.24) is 4.90 Å². The highest BCUT2D eigenvalue weighted by atomic mass is 16.5. The number of likely N-dealkylation sites (N-methyl/N-ethyl adjacent to an activating group) is 1. The Bertz CT molecular complexity index is 1430. The number of methoxy groups -OCH3 is 4. The smallest absolute Gasteiger partial charge is 0.161 e. The van der Waals surface area contributed by atoms with Crippen LogP contribution in [0.3, 0.4) is 0 Å². The molecule has 2 aromatic rings. The molecule has 1 unspecified atom stereocenters. The topological polar surface area (TPSA) is 64.0 Å². The van der Waals surface area contributed by atoms with Gasteiger partial charge < -0.3 is 23.8 Å². The minimum absolute atomic E-state index is 0.0249. The van der Waals surface area contributed by atoms with Gasteiger partial charge in [-0.05, 0) is 74.1 Å². The van der Waals surface area contributed by atoms with Crippen LogP contribution in [0.15, 0.2) is 36.3 Å². The average molecular weight is 468 g/mol. The predicted molar refractivity (Wildman–Crippen MR) is 132 cm³/mol. The van der Waals surface area contributed by atoms with Crippen molar-refractivity contribution in [3.8, 4) is 29.1 Å². The fourth-order valence-corrected chi connectivity index (χ4v) is 3.28. The van der Waals surface area contributed by atoms with Crippen LogP contribution in [0.4, 0.5) is 0 Å². The molecule has 1 atom stereocenters. The number of ether oxygens (including phenoxy) is 4. The summed E-state index contributed by atoms with van der Waals surface area (Å²) in [5.41, 5.74) is -2.90. The summed E-state index contributed by atoms with van der Waals surface area (Å²) in [6, 6.07) is 3.99. The van der Waals surface area contributed by atoms with E-state index in [2.05, 4.69) is 0 Å². The highest BCUT2D eigenvalue weighted by Crippen LogP contribution is 2.40. The molecule has 0 radical (unpaired) electrons. The maximum Gasteiger partial charge on any atom is 0.161 e. The van der Waals surface area contributed by atoms with Crippen LogP contribution in [0.2, 0.25) is 0 Å². The van der Waals surface area contributed by atoms with E-state index in [1.807, 2.05) is 6.07 Å². The lowest BCUT2D eigenvalue weighted by molar-refractivity contribution is 0.292. The van der Waals surface area contributed by atoms with Crippen molar-refractivity contribution in [3.63, 3.8) is 0 Å². The first kappa shape index (κ1) is 13.1. The molecule has 0 bridgehead atoms. The predicted octanol–water partition coefficient (Wildman–Crippen LogP) is 5.09. The van der Waals surface area contributed by atoms with Crippen molar-refractivity contribution in [2.24, 2.45) is 5.92 Å². The van der Waals surface area contributed by atoms with E-state index in [1.165, 1.54) is 46.6 Å². The minimum atomic E-state index is -3.14. The minimum Gasteiger partial charge on any atom is -0.493 e. The van der Waals surface area contributed by atoms with E-state index in [9.17, 15) is 5.26 Å². The molecule has 2 rings (SSSR count). The highest BCUT2D eigenvalue weighted by molar-refractivity contribution is 5.47. The molecule has 0 N–H and O–H groups in total. The summed E-state index contributed by atoms with van der Waals surface area (Å²) >= 11 is 0. The normalized spacial score (nSPS) is 20.2. The molecule has 0 amide bonds. The van der Waals surface area contributed by atoms with E-state index in [1.54, 1.807) is 0 Å². The molecule has 0 aromatic heterocycles. The van der Waals surface area contributed by atoms with Gasteiger partial charge in [0.15, 0.2) is 23.0 Å². The molecule has 0 spiro atoms. The molecule has 33 heavy (non-hydrogen) atoms. The molecule has 6 nitrogen and oxygen atoms in total. The van der Waals surface area contributed by atoms with Gasteiger partial charge in [-0.2, -0.15) is 5.26 Å². The third-order valence-electron chi connectivity index (χ3n) is 5.18. The number of rotatable bonds is 13. The van der Waals surface area contributed by atoms with Crippen molar-refractivity contribution < 1.29 is 36.8 Å². The molecule has 0 fully saturated rings. The molecule has 0 saturated carbocycles. The molecule has 2 aromatic carbocycles. The van der Waals surface area contributed by atoms with Crippen LogP contribution in [-0.2, 0) is 11.8 Å². The van der Waals surface area contributed by atoms with Crippen molar-refractivity contribution in [1.29, 1.82) is 5.26 Å². The second kappa shape index (κ2) is 12.4. The Kier molecular flexibility index (Phi) is 4.91. The van der Waals surface area contributed by atoms with Gasteiger partial charge in [0, 0.05) is 20.2 Å². The van der Waals surface area contributed by atoms with E-state index in [0.29, 0.717) is 0 Å². The molecular formula is C27H38N2O4. The lowest BCUT2D eigenvalue weighted by Crippen LogP contribution is -2.32. The van der Waals surface area contributed by atoms with Gasteiger partial charge in [0.1, 0.15) is 0 Å². The second-order valence-corrected chi connectivity index (χ2v) is 7.16. The van der Waals surface area contributed by atoms with Crippen LogP contribution in [-0.4, -0.2) is 53.4 Å². The third kappa shape index (κ3) is 6.33. The zero-order valence-corrected chi connectivity index (χ0v) is 19.5.